The molecule has 6 N–H and O–H groups in total. The van der Waals surface area contributed by atoms with Crippen molar-refractivity contribution in [2.45, 2.75) is 13.3 Å². The number of benzene rings is 1. The maximum absolute atomic E-state index is 13.4. The van der Waals surface area contributed by atoms with Gasteiger partial charge in [0.25, 0.3) is 5.91 Å². The number of carbonyl (C=O) groups is 3. The van der Waals surface area contributed by atoms with E-state index in [1.807, 2.05) is 19.0 Å². The zero-order chi connectivity index (χ0) is 31.6. The van der Waals surface area contributed by atoms with E-state index in [-0.39, 0.29) is 68.3 Å². The summed E-state index contributed by atoms with van der Waals surface area (Å²) in [6.07, 6.45) is 0.698. The van der Waals surface area contributed by atoms with Crippen molar-refractivity contribution < 1.29 is 33.7 Å². The lowest BCUT2D eigenvalue weighted by molar-refractivity contribution is 0.0902. The number of hydrogen-bond acceptors (Lipinski definition) is 12. The van der Waals surface area contributed by atoms with Crippen LogP contribution in [0, 0.1) is 6.92 Å². The molecule has 1 aromatic carbocycles. The quantitative estimate of drug-likeness (QED) is 0.252. The van der Waals surface area contributed by atoms with Crippen molar-refractivity contribution in [2.75, 3.05) is 54.2 Å². The fourth-order valence-electron chi connectivity index (χ4n) is 4.88. The number of anilines is 1. The lowest BCUT2D eigenvalue weighted by Gasteiger charge is -2.21. The van der Waals surface area contributed by atoms with Gasteiger partial charge in [-0.3, -0.25) is 14.4 Å². The SMILES string of the molecule is COC1=C(N)C(=O)c2nc(-c3nc(C(=O)NCCCN(C)C)c(C)c(-c4ccc(OC)c(OC)c4O)c3N)ccc2C1=O. The molecule has 1 aliphatic carbocycles. The number of carbonyl (C=O) groups excluding carboxylic acids is 3. The van der Waals surface area contributed by atoms with E-state index in [0.29, 0.717) is 24.1 Å². The van der Waals surface area contributed by atoms with Crippen LogP contribution in [0.5, 0.6) is 17.2 Å². The summed E-state index contributed by atoms with van der Waals surface area (Å²) >= 11 is 0. The first-order valence-electron chi connectivity index (χ1n) is 13.3. The molecule has 0 saturated heterocycles. The van der Waals surface area contributed by atoms with Crippen LogP contribution < -0.4 is 26.3 Å². The average molecular weight is 591 g/mol. The Morgan fingerprint density at radius 3 is 2.28 bits per heavy atom. The number of phenols is 1. The number of fused-ring (bicyclic) bond motifs is 1. The van der Waals surface area contributed by atoms with Crippen LogP contribution in [0.15, 0.2) is 35.7 Å². The van der Waals surface area contributed by atoms with Crippen molar-refractivity contribution in [3.8, 4) is 39.8 Å². The van der Waals surface area contributed by atoms with E-state index in [4.69, 9.17) is 25.7 Å². The largest absolute Gasteiger partial charge is 0.504 e. The van der Waals surface area contributed by atoms with Crippen LogP contribution in [-0.2, 0) is 4.74 Å². The van der Waals surface area contributed by atoms with Crippen LogP contribution in [0.3, 0.4) is 0 Å². The standard InChI is InChI=1S/C30H34N6O7/c1-14-19(15-9-11-18(41-4)28(42-5)25(15)37)20(31)24(35-22(14)30(40)33-12-7-13-36(2)3)17-10-8-16-23(34-17)27(39)21(32)29(43-6)26(16)38/h8-11,37H,7,12-13,31-32H2,1-6H3,(H,33,40). The van der Waals surface area contributed by atoms with E-state index in [2.05, 4.69) is 15.3 Å². The minimum atomic E-state index is -0.699. The maximum Gasteiger partial charge on any atom is 0.270 e. The summed E-state index contributed by atoms with van der Waals surface area (Å²) in [6, 6.07) is 6.04. The number of phenolic OH excluding ortho intramolecular Hbond substituents is 1. The zero-order valence-electron chi connectivity index (χ0n) is 24.8. The minimum absolute atomic E-state index is 0.00194. The van der Waals surface area contributed by atoms with Crippen LogP contribution >= 0.6 is 0 Å². The number of hydrogen-bond donors (Lipinski definition) is 4. The van der Waals surface area contributed by atoms with E-state index in [9.17, 15) is 19.5 Å². The van der Waals surface area contributed by atoms with Gasteiger partial charge in [-0.15, -0.1) is 0 Å². The summed E-state index contributed by atoms with van der Waals surface area (Å²) in [5.74, 6) is -1.94. The number of nitrogens with zero attached hydrogens (tertiary/aromatic N) is 3. The summed E-state index contributed by atoms with van der Waals surface area (Å²) in [4.78, 5) is 50.3. The zero-order valence-corrected chi connectivity index (χ0v) is 24.8. The molecule has 13 nitrogen and oxygen atoms in total. The molecule has 4 rings (SSSR count). The molecule has 2 heterocycles. The molecule has 1 aliphatic rings. The third-order valence-electron chi connectivity index (χ3n) is 7.05. The van der Waals surface area contributed by atoms with Crippen LogP contribution in [0.25, 0.3) is 22.5 Å². The van der Waals surface area contributed by atoms with Gasteiger partial charge in [0.2, 0.25) is 17.3 Å². The lowest BCUT2D eigenvalue weighted by atomic mass is 9.93. The van der Waals surface area contributed by atoms with E-state index in [1.165, 1.54) is 33.5 Å². The number of aromatic hydroxyl groups is 1. The average Bonchev–Trinajstić information content (AvgIpc) is 2.98. The Morgan fingerprint density at radius 2 is 1.65 bits per heavy atom. The number of aromatic nitrogens is 2. The van der Waals surface area contributed by atoms with Gasteiger partial charge >= 0.3 is 0 Å². The Morgan fingerprint density at radius 1 is 0.953 bits per heavy atom. The fourth-order valence-corrected chi connectivity index (χ4v) is 4.88. The molecule has 2 aromatic heterocycles. The first-order valence-corrected chi connectivity index (χ1v) is 13.3. The Hall–Kier alpha value is -5.17. The van der Waals surface area contributed by atoms with Gasteiger partial charge in [-0.05, 0) is 63.8 Å². The van der Waals surface area contributed by atoms with Gasteiger partial charge in [0.15, 0.2) is 17.3 Å². The number of nitrogens with two attached hydrogens (primary N) is 2. The highest BCUT2D eigenvalue weighted by molar-refractivity contribution is 6.25. The molecule has 0 aliphatic heterocycles. The highest BCUT2D eigenvalue weighted by Crippen LogP contribution is 2.47. The Balaban J connectivity index is 1.94. The third kappa shape index (κ3) is 5.54. The van der Waals surface area contributed by atoms with E-state index in [0.717, 1.165) is 6.54 Å². The molecule has 43 heavy (non-hydrogen) atoms. The summed E-state index contributed by atoms with van der Waals surface area (Å²) in [5, 5.41) is 14.1. The number of rotatable bonds is 10. The van der Waals surface area contributed by atoms with Crippen LogP contribution in [0.4, 0.5) is 5.69 Å². The fraction of sp³-hybridized carbons (Fsp3) is 0.300. The topological polar surface area (TPSA) is 192 Å². The Bertz CT molecular complexity index is 1670. The van der Waals surface area contributed by atoms with Gasteiger partial charge in [0.05, 0.1) is 38.3 Å². The second-order valence-corrected chi connectivity index (χ2v) is 10.0. The molecule has 0 spiro atoms. The molecule has 1 amide bonds. The summed E-state index contributed by atoms with van der Waals surface area (Å²) in [5.41, 5.74) is 13.2. The molecular weight excluding hydrogens is 556 g/mol. The van der Waals surface area contributed by atoms with Gasteiger partial charge in [-0.2, -0.15) is 0 Å². The van der Waals surface area contributed by atoms with E-state index < -0.39 is 17.5 Å². The van der Waals surface area contributed by atoms with E-state index in [1.54, 1.807) is 19.1 Å². The third-order valence-corrected chi connectivity index (χ3v) is 7.05. The number of ketones is 2. The lowest BCUT2D eigenvalue weighted by Crippen LogP contribution is -2.29. The number of pyridine rings is 2. The van der Waals surface area contributed by atoms with Crippen molar-refractivity contribution in [3.63, 3.8) is 0 Å². The second-order valence-electron chi connectivity index (χ2n) is 10.0. The summed E-state index contributed by atoms with van der Waals surface area (Å²) in [7, 11) is 7.93. The number of nitrogen functional groups attached to an aromatic ring is 1. The number of methoxy groups -OCH3 is 3. The molecule has 0 saturated carbocycles. The molecular formula is C30H34N6O7. The number of amides is 1. The molecule has 0 fully saturated rings. The number of ether oxygens (including phenoxy) is 3. The number of Topliss-reactive ketones (excluding diaryl/α,β-unsaturated/α-hetero) is 2. The van der Waals surface area contributed by atoms with Crippen LogP contribution in [-0.4, -0.2) is 86.0 Å². The van der Waals surface area contributed by atoms with Crippen LogP contribution in [0.2, 0.25) is 0 Å². The van der Waals surface area contributed by atoms with Gasteiger partial charge in [0.1, 0.15) is 22.8 Å². The Labute approximate surface area is 248 Å². The van der Waals surface area contributed by atoms with Gasteiger partial charge in [-0.25, -0.2) is 9.97 Å². The summed E-state index contributed by atoms with van der Waals surface area (Å²) in [6.45, 7) is 2.81. The van der Waals surface area contributed by atoms with Crippen molar-refractivity contribution >= 4 is 23.2 Å². The number of nitrogens with one attached hydrogen (secondary N) is 1. The molecule has 13 heteroatoms. The molecule has 3 aromatic rings. The highest BCUT2D eigenvalue weighted by Gasteiger charge is 2.34. The molecule has 0 bridgehead atoms. The molecule has 0 radical (unpaired) electrons. The van der Waals surface area contributed by atoms with Crippen molar-refractivity contribution in [1.82, 2.24) is 20.2 Å². The number of allylic oxidation sites excluding steroid dienone is 2. The second kappa shape index (κ2) is 12.4. The summed E-state index contributed by atoms with van der Waals surface area (Å²) < 4.78 is 15.7. The highest BCUT2D eigenvalue weighted by atomic mass is 16.5. The monoisotopic (exact) mass is 590 g/mol. The Kier molecular flexibility index (Phi) is 8.85. The molecule has 226 valence electrons. The van der Waals surface area contributed by atoms with Gasteiger partial charge in [0, 0.05) is 17.7 Å². The molecule has 0 atom stereocenters. The maximum atomic E-state index is 13.4. The first kappa shape index (κ1) is 30.8. The normalized spacial score (nSPS) is 12.8. The van der Waals surface area contributed by atoms with Crippen molar-refractivity contribution in [2.24, 2.45) is 5.73 Å². The van der Waals surface area contributed by atoms with E-state index >= 15 is 0 Å². The minimum Gasteiger partial charge on any atom is -0.504 e. The van der Waals surface area contributed by atoms with Gasteiger partial charge < -0.3 is 41.0 Å². The van der Waals surface area contributed by atoms with Gasteiger partial charge in [-0.1, -0.05) is 0 Å². The molecule has 0 unspecified atom stereocenters. The predicted molar refractivity (Wildman–Crippen MR) is 159 cm³/mol. The first-order chi connectivity index (χ1) is 20.5. The van der Waals surface area contributed by atoms with Crippen molar-refractivity contribution in [1.29, 1.82) is 0 Å². The van der Waals surface area contributed by atoms with Crippen LogP contribution in [0.1, 0.15) is 43.3 Å². The smallest absolute Gasteiger partial charge is 0.270 e. The van der Waals surface area contributed by atoms with Crippen molar-refractivity contribution in [3.05, 3.63) is 58.2 Å². The predicted octanol–water partition coefficient (Wildman–Crippen LogP) is 2.30.